The highest BCUT2D eigenvalue weighted by Crippen LogP contribution is 2.29. The molecule has 6 heteroatoms. The van der Waals surface area contributed by atoms with Crippen LogP contribution in [0.2, 0.25) is 0 Å². The van der Waals surface area contributed by atoms with Gasteiger partial charge in [0.1, 0.15) is 24.4 Å². The highest BCUT2D eigenvalue weighted by molar-refractivity contribution is 5.49. The Bertz CT molecular complexity index is 503. The van der Waals surface area contributed by atoms with E-state index in [1.54, 1.807) is 6.08 Å². The van der Waals surface area contributed by atoms with E-state index >= 15 is 0 Å². The maximum atomic E-state index is 10.2. The average molecular weight is 308 g/mol. The van der Waals surface area contributed by atoms with Crippen molar-refractivity contribution in [2.24, 2.45) is 0 Å². The lowest BCUT2D eigenvalue weighted by Crippen LogP contribution is -2.62. The first-order chi connectivity index (χ1) is 10.7. The highest BCUT2D eigenvalue weighted by Gasteiger charge is 2.48. The summed E-state index contributed by atoms with van der Waals surface area (Å²) in [5.74, 6) is 0. The van der Waals surface area contributed by atoms with Crippen LogP contribution < -0.4 is 0 Å². The summed E-state index contributed by atoms with van der Waals surface area (Å²) < 4.78 is 21.8. The Kier molecular flexibility index (Phi) is 4.87. The molecule has 22 heavy (non-hydrogen) atoms. The summed E-state index contributed by atoms with van der Waals surface area (Å²) in [5, 5.41) is 20.1. The number of fused-ring (bicyclic) bond motifs is 1. The van der Waals surface area contributed by atoms with Gasteiger partial charge in [0.2, 0.25) is 0 Å². The van der Waals surface area contributed by atoms with Crippen LogP contribution in [-0.2, 0) is 18.9 Å². The van der Waals surface area contributed by atoms with Gasteiger partial charge in [-0.1, -0.05) is 36.4 Å². The Hall–Kier alpha value is -1.28. The highest BCUT2D eigenvalue weighted by atomic mass is 16.7. The molecule has 0 amide bonds. The van der Waals surface area contributed by atoms with Crippen LogP contribution in [0.25, 0.3) is 6.08 Å². The topological polar surface area (TPSA) is 77.4 Å². The number of hydrogen-bond donors (Lipinski definition) is 2. The van der Waals surface area contributed by atoms with E-state index < -0.39 is 37.0 Å². The lowest BCUT2D eigenvalue weighted by Gasteiger charge is -2.45. The van der Waals surface area contributed by atoms with Crippen molar-refractivity contribution in [2.45, 2.75) is 37.0 Å². The Balaban J connectivity index is 1.64. The van der Waals surface area contributed by atoms with Crippen LogP contribution in [-0.4, -0.2) is 60.9 Å². The number of hydrogen-bond acceptors (Lipinski definition) is 6. The Morgan fingerprint density at radius 3 is 2.64 bits per heavy atom. The summed E-state index contributed by atoms with van der Waals surface area (Å²) in [6.45, 7) is 0.262. The smallest absolute Gasteiger partial charge is 0.186 e. The molecule has 0 aliphatic carbocycles. The molecule has 0 radical (unpaired) electrons. The van der Waals surface area contributed by atoms with E-state index in [4.69, 9.17) is 18.9 Å². The van der Waals surface area contributed by atoms with Gasteiger partial charge in [0.25, 0.3) is 0 Å². The van der Waals surface area contributed by atoms with Crippen molar-refractivity contribution in [2.75, 3.05) is 13.7 Å². The minimum absolute atomic E-state index is 0.262. The van der Waals surface area contributed by atoms with Crippen LogP contribution in [0.3, 0.4) is 0 Å². The summed E-state index contributed by atoms with van der Waals surface area (Å²) in [6, 6.07) is 9.76. The van der Waals surface area contributed by atoms with Gasteiger partial charge in [-0.25, -0.2) is 0 Å². The molecule has 6 nitrogen and oxygen atoms in total. The van der Waals surface area contributed by atoms with Crippen molar-refractivity contribution in [3.63, 3.8) is 0 Å². The number of aliphatic hydroxyl groups excluding tert-OH is 2. The third kappa shape index (κ3) is 3.22. The Labute approximate surface area is 128 Å². The summed E-state index contributed by atoms with van der Waals surface area (Å²) in [5.41, 5.74) is 1.02. The van der Waals surface area contributed by atoms with Gasteiger partial charge >= 0.3 is 0 Å². The second-order valence-corrected chi connectivity index (χ2v) is 5.33. The number of aliphatic hydroxyl groups is 2. The molecule has 0 bridgehead atoms. The first-order valence-electron chi connectivity index (χ1n) is 7.24. The van der Waals surface area contributed by atoms with E-state index in [1.165, 1.54) is 7.11 Å². The molecular weight excluding hydrogens is 288 g/mol. The Morgan fingerprint density at radius 1 is 1.14 bits per heavy atom. The van der Waals surface area contributed by atoms with Crippen molar-refractivity contribution < 1.29 is 29.2 Å². The zero-order valence-electron chi connectivity index (χ0n) is 12.2. The molecular formula is C16H20O6. The molecule has 2 aliphatic heterocycles. The maximum Gasteiger partial charge on any atom is 0.186 e. The second kappa shape index (κ2) is 6.87. The summed E-state index contributed by atoms with van der Waals surface area (Å²) in [7, 11) is 1.41. The van der Waals surface area contributed by atoms with E-state index in [1.807, 2.05) is 36.4 Å². The molecule has 2 fully saturated rings. The molecule has 2 heterocycles. The fourth-order valence-electron chi connectivity index (χ4n) is 2.64. The molecule has 2 aliphatic rings. The quantitative estimate of drug-likeness (QED) is 0.848. The van der Waals surface area contributed by atoms with E-state index in [9.17, 15) is 10.2 Å². The fraction of sp³-hybridized carbons (Fsp3) is 0.500. The molecule has 1 aromatic rings. The normalized spacial score (nSPS) is 38.9. The van der Waals surface area contributed by atoms with E-state index in [2.05, 4.69) is 0 Å². The number of methoxy groups -OCH3 is 1. The van der Waals surface area contributed by atoms with Crippen LogP contribution in [0.4, 0.5) is 0 Å². The van der Waals surface area contributed by atoms with Crippen LogP contribution in [0.1, 0.15) is 5.56 Å². The van der Waals surface area contributed by atoms with Gasteiger partial charge in [-0.15, -0.1) is 0 Å². The first kappa shape index (κ1) is 15.6. The molecule has 6 atom stereocenters. The molecule has 2 N–H and O–H groups in total. The van der Waals surface area contributed by atoms with Gasteiger partial charge < -0.3 is 29.2 Å². The summed E-state index contributed by atoms with van der Waals surface area (Å²) in [4.78, 5) is 0. The zero-order chi connectivity index (χ0) is 15.5. The van der Waals surface area contributed by atoms with Crippen LogP contribution in [0.5, 0.6) is 0 Å². The maximum absolute atomic E-state index is 10.2. The third-order valence-electron chi connectivity index (χ3n) is 3.83. The van der Waals surface area contributed by atoms with Crippen LogP contribution >= 0.6 is 0 Å². The third-order valence-corrected chi connectivity index (χ3v) is 3.83. The standard InChI is InChI=1S/C16H20O6/c1-19-16-14(18)13(17)15-11(21-16)9-20-12(22-15)8-7-10-5-3-2-4-6-10/h2-8,11-18H,9H2,1H3/t11-,12?,13-,14-,15-,16?/m1/s1. The zero-order valence-corrected chi connectivity index (χ0v) is 12.2. The van der Waals surface area contributed by atoms with E-state index in [0.29, 0.717) is 0 Å². The minimum Gasteiger partial charge on any atom is -0.387 e. The fourth-order valence-corrected chi connectivity index (χ4v) is 2.64. The monoisotopic (exact) mass is 308 g/mol. The molecule has 1 aromatic carbocycles. The predicted molar refractivity (Wildman–Crippen MR) is 77.8 cm³/mol. The van der Waals surface area contributed by atoms with Gasteiger partial charge in [-0.05, 0) is 11.6 Å². The van der Waals surface area contributed by atoms with Crippen molar-refractivity contribution in [3.05, 3.63) is 42.0 Å². The number of benzene rings is 1. The van der Waals surface area contributed by atoms with Crippen LogP contribution in [0.15, 0.2) is 36.4 Å². The van der Waals surface area contributed by atoms with Gasteiger partial charge in [0.05, 0.1) is 6.61 Å². The van der Waals surface area contributed by atoms with E-state index in [-0.39, 0.29) is 6.61 Å². The summed E-state index contributed by atoms with van der Waals surface area (Å²) >= 11 is 0. The molecule has 0 spiro atoms. The molecule has 0 aromatic heterocycles. The lowest BCUT2D eigenvalue weighted by molar-refractivity contribution is -0.347. The Morgan fingerprint density at radius 2 is 1.91 bits per heavy atom. The number of rotatable bonds is 3. The van der Waals surface area contributed by atoms with Crippen molar-refractivity contribution >= 4 is 6.08 Å². The van der Waals surface area contributed by atoms with Gasteiger partial charge in [-0.3, -0.25) is 0 Å². The SMILES string of the molecule is COC1O[C@@H]2COC(C=Cc3ccccc3)O[C@H]2[C@H](O)[C@H]1O. The first-order valence-corrected chi connectivity index (χ1v) is 7.24. The van der Waals surface area contributed by atoms with Gasteiger partial charge in [-0.2, -0.15) is 0 Å². The largest absolute Gasteiger partial charge is 0.387 e. The van der Waals surface area contributed by atoms with Crippen molar-refractivity contribution in [3.8, 4) is 0 Å². The average Bonchev–Trinajstić information content (AvgIpc) is 2.57. The van der Waals surface area contributed by atoms with Gasteiger partial charge in [0.15, 0.2) is 12.6 Å². The van der Waals surface area contributed by atoms with Gasteiger partial charge in [0, 0.05) is 7.11 Å². The summed E-state index contributed by atoms with van der Waals surface area (Å²) in [6.07, 6.45) is -1.16. The van der Waals surface area contributed by atoms with Crippen molar-refractivity contribution in [1.29, 1.82) is 0 Å². The lowest BCUT2D eigenvalue weighted by atomic mass is 9.98. The predicted octanol–water partition coefficient (Wildman–Crippen LogP) is 0.534. The molecule has 120 valence electrons. The molecule has 3 rings (SSSR count). The number of ether oxygens (including phenoxy) is 4. The molecule has 0 saturated carbocycles. The molecule has 2 unspecified atom stereocenters. The minimum atomic E-state index is -1.15. The molecule has 2 saturated heterocycles. The van der Waals surface area contributed by atoms with Crippen LogP contribution in [0, 0.1) is 0 Å². The van der Waals surface area contributed by atoms with E-state index in [0.717, 1.165) is 5.56 Å². The second-order valence-electron chi connectivity index (χ2n) is 5.33. The van der Waals surface area contributed by atoms with Crippen molar-refractivity contribution in [1.82, 2.24) is 0 Å².